The molecule has 0 spiro atoms. The first kappa shape index (κ1) is 9.78. The standard InChI is InChI=1S/C11H16N2/c1-8(2)11(13-12)10-7-5-4-6-9(10)3/h4-8H,12H2,1-3H3. The first-order valence-corrected chi connectivity index (χ1v) is 4.50. The summed E-state index contributed by atoms with van der Waals surface area (Å²) in [7, 11) is 0. The molecule has 2 heteroatoms. The highest BCUT2D eigenvalue weighted by Crippen LogP contribution is 2.13. The van der Waals surface area contributed by atoms with Gasteiger partial charge in [-0.2, -0.15) is 5.10 Å². The van der Waals surface area contributed by atoms with Crippen molar-refractivity contribution in [3.05, 3.63) is 35.4 Å². The van der Waals surface area contributed by atoms with Crippen molar-refractivity contribution in [3.63, 3.8) is 0 Å². The summed E-state index contributed by atoms with van der Waals surface area (Å²) in [5.74, 6) is 5.73. The van der Waals surface area contributed by atoms with Crippen LogP contribution in [0, 0.1) is 12.8 Å². The number of nitrogens with two attached hydrogens (primary N) is 1. The van der Waals surface area contributed by atoms with Crippen LogP contribution in [0.5, 0.6) is 0 Å². The lowest BCUT2D eigenvalue weighted by molar-refractivity contribution is 0.875. The minimum atomic E-state index is 0.367. The van der Waals surface area contributed by atoms with Crippen molar-refractivity contribution in [1.82, 2.24) is 0 Å². The molecule has 0 saturated heterocycles. The van der Waals surface area contributed by atoms with Gasteiger partial charge >= 0.3 is 0 Å². The highest BCUT2D eigenvalue weighted by molar-refractivity contribution is 6.02. The van der Waals surface area contributed by atoms with E-state index in [1.807, 2.05) is 12.1 Å². The number of hydrogen-bond donors (Lipinski definition) is 1. The van der Waals surface area contributed by atoms with Crippen LogP contribution in [0.2, 0.25) is 0 Å². The van der Waals surface area contributed by atoms with Gasteiger partial charge in [-0.05, 0) is 18.4 Å². The molecule has 0 radical (unpaired) electrons. The second-order valence-electron chi connectivity index (χ2n) is 3.48. The van der Waals surface area contributed by atoms with Gasteiger partial charge in [0.25, 0.3) is 0 Å². The van der Waals surface area contributed by atoms with Crippen molar-refractivity contribution in [3.8, 4) is 0 Å². The molecule has 70 valence electrons. The molecule has 1 rings (SSSR count). The highest BCUT2D eigenvalue weighted by atomic mass is 15.1. The Balaban J connectivity index is 3.13. The van der Waals surface area contributed by atoms with Crippen LogP contribution in [0.15, 0.2) is 29.4 Å². The van der Waals surface area contributed by atoms with Gasteiger partial charge in [0.1, 0.15) is 0 Å². The predicted molar refractivity (Wildman–Crippen MR) is 56.7 cm³/mol. The normalized spacial score (nSPS) is 12.2. The number of rotatable bonds is 2. The lowest BCUT2D eigenvalue weighted by Gasteiger charge is -2.11. The number of hydrogen-bond acceptors (Lipinski definition) is 2. The molecule has 1 aromatic rings. The van der Waals surface area contributed by atoms with Crippen LogP contribution in [0.3, 0.4) is 0 Å². The fourth-order valence-corrected chi connectivity index (χ4v) is 1.39. The average Bonchev–Trinajstić information content (AvgIpc) is 2.09. The van der Waals surface area contributed by atoms with E-state index in [-0.39, 0.29) is 0 Å². The molecule has 0 aromatic heterocycles. The third kappa shape index (κ3) is 2.08. The average molecular weight is 176 g/mol. The predicted octanol–water partition coefficient (Wildman–Crippen LogP) is 2.31. The lowest BCUT2D eigenvalue weighted by Crippen LogP contribution is -2.13. The highest BCUT2D eigenvalue weighted by Gasteiger charge is 2.09. The zero-order valence-electron chi connectivity index (χ0n) is 8.41. The van der Waals surface area contributed by atoms with E-state index in [2.05, 4.69) is 38.0 Å². The molecule has 0 saturated carbocycles. The number of hydrazone groups is 1. The third-order valence-corrected chi connectivity index (χ3v) is 2.11. The van der Waals surface area contributed by atoms with E-state index in [4.69, 9.17) is 5.84 Å². The minimum absolute atomic E-state index is 0.367. The van der Waals surface area contributed by atoms with Crippen LogP contribution in [0.4, 0.5) is 0 Å². The molecule has 0 aliphatic rings. The summed E-state index contributed by atoms with van der Waals surface area (Å²) in [5, 5.41) is 3.84. The summed E-state index contributed by atoms with van der Waals surface area (Å²) in [4.78, 5) is 0. The molecule has 0 bridgehead atoms. The largest absolute Gasteiger partial charge is 0.323 e. The van der Waals surface area contributed by atoms with Gasteiger partial charge in [-0.3, -0.25) is 0 Å². The fourth-order valence-electron chi connectivity index (χ4n) is 1.39. The van der Waals surface area contributed by atoms with Crippen LogP contribution in [0.1, 0.15) is 25.0 Å². The molecule has 1 aromatic carbocycles. The van der Waals surface area contributed by atoms with E-state index in [1.54, 1.807) is 0 Å². The van der Waals surface area contributed by atoms with E-state index in [1.165, 1.54) is 5.56 Å². The minimum Gasteiger partial charge on any atom is -0.323 e. The molecule has 2 nitrogen and oxygen atoms in total. The Bertz CT molecular complexity index is 314. The van der Waals surface area contributed by atoms with Crippen LogP contribution in [-0.4, -0.2) is 5.71 Å². The summed E-state index contributed by atoms with van der Waals surface area (Å²) in [5.41, 5.74) is 3.35. The molecule has 0 atom stereocenters. The van der Waals surface area contributed by atoms with Gasteiger partial charge in [-0.1, -0.05) is 38.1 Å². The van der Waals surface area contributed by atoms with Crippen LogP contribution < -0.4 is 5.84 Å². The van der Waals surface area contributed by atoms with Crippen LogP contribution in [0.25, 0.3) is 0 Å². The van der Waals surface area contributed by atoms with E-state index in [9.17, 15) is 0 Å². The number of nitrogens with zero attached hydrogens (tertiary/aromatic N) is 1. The number of benzene rings is 1. The molecule has 2 N–H and O–H groups in total. The van der Waals surface area contributed by atoms with Gasteiger partial charge in [-0.25, -0.2) is 0 Å². The zero-order valence-corrected chi connectivity index (χ0v) is 8.41. The zero-order chi connectivity index (χ0) is 9.84. The van der Waals surface area contributed by atoms with Gasteiger partial charge in [0.05, 0.1) is 5.71 Å². The molecular weight excluding hydrogens is 160 g/mol. The van der Waals surface area contributed by atoms with Gasteiger partial charge in [0.15, 0.2) is 0 Å². The van der Waals surface area contributed by atoms with Gasteiger partial charge in [0.2, 0.25) is 0 Å². The Hall–Kier alpha value is -1.31. The molecular formula is C11H16N2. The van der Waals surface area contributed by atoms with Crippen molar-refractivity contribution in [2.24, 2.45) is 16.9 Å². The van der Waals surface area contributed by atoms with Crippen molar-refractivity contribution >= 4 is 5.71 Å². The molecule has 0 aliphatic heterocycles. The molecule has 13 heavy (non-hydrogen) atoms. The molecule has 0 amide bonds. The maximum Gasteiger partial charge on any atom is 0.0700 e. The Morgan fingerprint density at radius 3 is 2.38 bits per heavy atom. The second kappa shape index (κ2) is 4.08. The van der Waals surface area contributed by atoms with Crippen LogP contribution >= 0.6 is 0 Å². The third-order valence-electron chi connectivity index (χ3n) is 2.11. The SMILES string of the molecule is Cc1ccccc1C(=NN)C(C)C. The maximum absolute atomic E-state index is 5.36. The Morgan fingerprint density at radius 1 is 1.31 bits per heavy atom. The van der Waals surface area contributed by atoms with E-state index < -0.39 is 0 Å². The summed E-state index contributed by atoms with van der Waals surface area (Å²) >= 11 is 0. The first-order valence-electron chi connectivity index (χ1n) is 4.50. The van der Waals surface area contributed by atoms with Gasteiger partial charge in [0, 0.05) is 5.56 Å². The van der Waals surface area contributed by atoms with E-state index >= 15 is 0 Å². The lowest BCUT2D eigenvalue weighted by atomic mass is 9.96. The fraction of sp³-hybridized carbons (Fsp3) is 0.364. The Kier molecular flexibility index (Phi) is 3.07. The van der Waals surface area contributed by atoms with Crippen molar-refractivity contribution in [2.45, 2.75) is 20.8 Å². The summed E-state index contributed by atoms with van der Waals surface area (Å²) < 4.78 is 0. The Morgan fingerprint density at radius 2 is 1.92 bits per heavy atom. The summed E-state index contributed by atoms with van der Waals surface area (Å²) in [6, 6.07) is 8.16. The smallest absolute Gasteiger partial charge is 0.0700 e. The topological polar surface area (TPSA) is 38.4 Å². The maximum atomic E-state index is 5.36. The Labute approximate surface area is 79.5 Å². The quantitative estimate of drug-likeness (QED) is 0.419. The van der Waals surface area contributed by atoms with E-state index in [0.717, 1.165) is 11.3 Å². The van der Waals surface area contributed by atoms with Gasteiger partial charge < -0.3 is 5.84 Å². The second-order valence-corrected chi connectivity index (χ2v) is 3.48. The first-order chi connectivity index (χ1) is 6.16. The van der Waals surface area contributed by atoms with Crippen molar-refractivity contribution in [1.29, 1.82) is 0 Å². The molecule has 0 fully saturated rings. The monoisotopic (exact) mass is 176 g/mol. The summed E-state index contributed by atoms with van der Waals surface area (Å²) in [6.45, 7) is 6.26. The van der Waals surface area contributed by atoms with E-state index in [0.29, 0.717) is 5.92 Å². The van der Waals surface area contributed by atoms with Crippen molar-refractivity contribution in [2.75, 3.05) is 0 Å². The van der Waals surface area contributed by atoms with Crippen LogP contribution in [-0.2, 0) is 0 Å². The summed E-state index contributed by atoms with van der Waals surface area (Å²) in [6.07, 6.45) is 0. The van der Waals surface area contributed by atoms with Gasteiger partial charge in [-0.15, -0.1) is 0 Å². The molecule has 0 unspecified atom stereocenters. The number of aryl methyl sites for hydroxylation is 1. The molecule has 0 aliphatic carbocycles. The van der Waals surface area contributed by atoms with Crippen molar-refractivity contribution < 1.29 is 0 Å². The molecule has 0 heterocycles.